The fourth-order valence-electron chi connectivity index (χ4n) is 0.516. The average molecular weight is 141 g/mol. The molecule has 0 aliphatic rings. The van der Waals surface area contributed by atoms with E-state index in [1.165, 1.54) is 6.08 Å². The van der Waals surface area contributed by atoms with Crippen molar-refractivity contribution >= 4 is 0 Å². The predicted molar refractivity (Wildman–Crippen MR) is 45.3 cm³/mol. The van der Waals surface area contributed by atoms with Crippen molar-refractivity contribution in [3.63, 3.8) is 0 Å². The first-order chi connectivity index (χ1) is 4.76. The number of rotatable bonds is 4. The van der Waals surface area contributed by atoms with Crippen LogP contribution in [-0.2, 0) is 4.74 Å². The minimum absolute atomic E-state index is 0. The summed E-state index contributed by atoms with van der Waals surface area (Å²) >= 11 is 0. The van der Waals surface area contributed by atoms with Gasteiger partial charge in [0.05, 0.1) is 12.3 Å². The number of allylic oxidation sites excluding steroid dienone is 2. The zero-order valence-electron chi connectivity index (χ0n) is 6.26. The Labute approximate surface area is 63.2 Å². The summed E-state index contributed by atoms with van der Waals surface area (Å²) in [6, 6.07) is 0. The Bertz CT molecular complexity index is 163. The second-order valence-corrected chi connectivity index (χ2v) is 1.66. The van der Waals surface area contributed by atoms with Gasteiger partial charge in [0.1, 0.15) is 5.76 Å². The van der Waals surface area contributed by atoms with Gasteiger partial charge < -0.3 is 10.5 Å². The minimum atomic E-state index is 0. The van der Waals surface area contributed by atoms with Gasteiger partial charge in [0, 0.05) is 1.43 Å². The highest BCUT2D eigenvalue weighted by Crippen LogP contribution is 2.02. The Morgan fingerprint density at radius 3 is 2.50 bits per heavy atom. The summed E-state index contributed by atoms with van der Waals surface area (Å²) in [5, 5.41) is 0. The Balaban J connectivity index is 0. The van der Waals surface area contributed by atoms with E-state index in [9.17, 15) is 0 Å². The van der Waals surface area contributed by atoms with Crippen LogP contribution in [0.15, 0.2) is 36.8 Å². The van der Waals surface area contributed by atoms with Crippen LogP contribution in [0.1, 0.15) is 8.35 Å². The molecule has 0 aromatic carbocycles. The molecule has 0 aromatic rings. The molecule has 0 unspecified atom stereocenters. The van der Waals surface area contributed by atoms with Gasteiger partial charge in [-0.3, -0.25) is 0 Å². The highest BCUT2D eigenvalue weighted by atomic mass is 16.5. The van der Waals surface area contributed by atoms with E-state index in [1.54, 1.807) is 6.08 Å². The molecule has 0 rings (SSSR count). The molecule has 58 valence electrons. The second kappa shape index (κ2) is 4.68. The van der Waals surface area contributed by atoms with Crippen LogP contribution in [0.2, 0.25) is 0 Å². The fraction of sp³-hybridized carbons (Fsp3) is 0.250. The lowest BCUT2D eigenvalue weighted by Crippen LogP contribution is -2.00. The van der Waals surface area contributed by atoms with E-state index in [0.717, 1.165) is 0 Å². The third kappa shape index (κ3) is 2.40. The molecule has 10 heavy (non-hydrogen) atoms. The Morgan fingerprint density at radius 2 is 2.20 bits per heavy atom. The lowest BCUT2D eigenvalue weighted by atomic mass is 10.3. The Hall–Kier alpha value is -1.18. The average Bonchev–Trinajstić information content (AvgIpc) is 1.99. The van der Waals surface area contributed by atoms with Gasteiger partial charge in [-0.05, 0) is 19.1 Å². The van der Waals surface area contributed by atoms with Crippen LogP contribution in [0.5, 0.6) is 0 Å². The minimum Gasteiger partial charge on any atom is -0.492 e. The summed E-state index contributed by atoms with van der Waals surface area (Å²) in [6.45, 7) is 9.52. The van der Waals surface area contributed by atoms with Crippen molar-refractivity contribution in [2.75, 3.05) is 6.61 Å². The fourth-order valence-corrected chi connectivity index (χ4v) is 0.516. The summed E-state index contributed by atoms with van der Waals surface area (Å²) in [5.74, 6) is 0.595. The molecule has 2 heteroatoms. The molecule has 0 aliphatic carbocycles. The number of ether oxygens (including phenoxy) is 1. The molecular weight excluding hydrogens is 126 g/mol. The topological polar surface area (TPSA) is 35.2 Å². The lowest BCUT2D eigenvalue weighted by Gasteiger charge is -2.04. The summed E-state index contributed by atoms with van der Waals surface area (Å²) in [6.07, 6.45) is 3.10. The van der Waals surface area contributed by atoms with Crippen molar-refractivity contribution < 1.29 is 6.16 Å². The predicted octanol–water partition coefficient (Wildman–Crippen LogP) is 1.81. The van der Waals surface area contributed by atoms with Crippen LogP contribution < -0.4 is 5.73 Å². The Kier molecular flexibility index (Phi) is 4.12. The van der Waals surface area contributed by atoms with Crippen LogP contribution in [-0.4, -0.2) is 6.61 Å². The maximum Gasteiger partial charge on any atom is 0.141 e. The van der Waals surface area contributed by atoms with E-state index in [-0.39, 0.29) is 1.43 Å². The standard InChI is InChI=1S/C8H13NO.H2/c1-4-7(9)8(5-2)10-6-3;/h4-5H,1-2,6,9H2,3H3;1H/b8-7-;. The molecule has 0 saturated heterocycles. The van der Waals surface area contributed by atoms with E-state index in [4.69, 9.17) is 10.5 Å². The zero-order chi connectivity index (χ0) is 7.98. The first-order valence-electron chi connectivity index (χ1n) is 3.13. The van der Waals surface area contributed by atoms with E-state index in [1.807, 2.05) is 6.92 Å². The number of hydrogen-bond donors (Lipinski definition) is 1. The van der Waals surface area contributed by atoms with Gasteiger partial charge >= 0.3 is 0 Å². The summed E-state index contributed by atoms with van der Waals surface area (Å²) in [7, 11) is 0. The van der Waals surface area contributed by atoms with E-state index in [2.05, 4.69) is 13.2 Å². The first kappa shape index (κ1) is 8.82. The molecule has 0 bridgehead atoms. The van der Waals surface area contributed by atoms with Gasteiger partial charge in [0.25, 0.3) is 0 Å². The van der Waals surface area contributed by atoms with Crippen LogP contribution in [0.25, 0.3) is 0 Å². The highest BCUT2D eigenvalue weighted by Gasteiger charge is 1.93. The molecule has 0 heterocycles. The molecular formula is C8H15NO. The molecule has 0 saturated carbocycles. The largest absolute Gasteiger partial charge is 0.492 e. The zero-order valence-corrected chi connectivity index (χ0v) is 6.26. The molecule has 2 N–H and O–H groups in total. The lowest BCUT2D eigenvalue weighted by molar-refractivity contribution is 0.240. The van der Waals surface area contributed by atoms with Crippen LogP contribution >= 0.6 is 0 Å². The maximum absolute atomic E-state index is 5.48. The molecule has 2 nitrogen and oxygen atoms in total. The van der Waals surface area contributed by atoms with Crippen molar-refractivity contribution in [1.82, 2.24) is 0 Å². The van der Waals surface area contributed by atoms with Crippen molar-refractivity contribution in [3.8, 4) is 0 Å². The van der Waals surface area contributed by atoms with Gasteiger partial charge in [0.15, 0.2) is 0 Å². The van der Waals surface area contributed by atoms with Crippen molar-refractivity contribution in [2.45, 2.75) is 6.92 Å². The van der Waals surface area contributed by atoms with Gasteiger partial charge in [-0.25, -0.2) is 0 Å². The van der Waals surface area contributed by atoms with Crippen LogP contribution in [0, 0.1) is 0 Å². The quantitative estimate of drug-likeness (QED) is 0.478. The monoisotopic (exact) mass is 141 g/mol. The third-order valence-electron chi connectivity index (χ3n) is 0.990. The van der Waals surface area contributed by atoms with E-state index < -0.39 is 0 Å². The summed E-state index contributed by atoms with van der Waals surface area (Å²) in [5.41, 5.74) is 6.00. The van der Waals surface area contributed by atoms with Crippen molar-refractivity contribution in [2.24, 2.45) is 5.73 Å². The first-order valence-corrected chi connectivity index (χ1v) is 3.13. The number of hydrogen-bond acceptors (Lipinski definition) is 2. The molecule has 0 amide bonds. The van der Waals surface area contributed by atoms with Gasteiger partial charge in [0.2, 0.25) is 0 Å². The maximum atomic E-state index is 5.48. The van der Waals surface area contributed by atoms with Crippen LogP contribution in [0.4, 0.5) is 0 Å². The molecule has 0 spiro atoms. The summed E-state index contributed by atoms with van der Waals surface area (Å²) < 4.78 is 5.11. The molecule has 0 atom stereocenters. The molecule has 0 fully saturated rings. The van der Waals surface area contributed by atoms with Crippen LogP contribution in [0.3, 0.4) is 0 Å². The SMILES string of the molecule is C=C/C(N)=C(\C=C)OCC.[HH]. The Morgan fingerprint density at radius 1 is 1.60 bits per heavy atom. The van der Waals surface area contributed by atoms with E-state index in [0.29, 0.717) is 18.1 Å². The van der Waals surface area contributed by atoms with Crippen molar-refractivity contribution in [1.29, 1.82) is 0 Å². The smallest absolute Gasteiger partial charge is 0.141 e. The van der Waals surface area contributed by atoms with E-state index >= 15 is 0 Å². The highest BCUT2D eigenvalue weighted by molar-refractivity contribution is 5.23. The molecule has 0 radical (unpaired) electrons. The van der Waals surface area contributed by atoms with Gasteiger partial charge in [-0.2, -0.15) is 0 Å². The van der Waals surface area contributed by atoms with Gasteiger partial charge in [-0.1, -0.05) is 13.2 Å². The molecule has 0 aromatic heterocycles. The number of nitrogens with two attached hydrogens (primary N) is 1. The summed E-state index contributed by atoms with van der Waals surface area (Å²) in [4.78, 5) is 0. The second-order valence-electron chi connectivity index (χ2n) is 1.66. The van der Waals surface area contributed by atoms with Gasteiger partial charge in [-0.15, -0.1) is 0 Å². The van der Waals surface area contributed by atoms with Crippen molar-refractivity contribution in [3.05, 3.63) is 36.8 Å². The third-order valence-corrected chi connectivity index (χ3v) is 0.990. The molecule has 0 aliphatic heterocycles. The normalized spacial score (nSPS) is 11.7.